The van der Waals surface area contributed by atoms with Crippen molar-refractivity contribution in [1.29, 1.82) is 0 Å². The lowest BCUT2D eigenvalue weighted by Gasteiger charge is -2.09. The van der Waals surface area contributed by atoms with Gasteiger partial charge in [-0.25, -0.2) is 8.42 Å². The van der Waals surface area contributed by atoms with Crippen LogP contribution < -0.4 is 0 Å². The SMILES string of the molecule is CCc1ccccc1S(=O)(=O)c1ccc(C)cc1.CCl. The van der Waals surface area contributed by atoms with Gasteiger partial charge in [0.05, 0.1) is 9.79 Å². The van der Waals surface area contributed by atoms with Crippen molar-refractivity contribution in [1.82, 2.24) is 0 Å². The van der Waals surface area contributed by atoms with Crippen molar-refractivity contribution < 1.29 is 8.42 Å². The van der Waals surface area contributed by atoms with Gasteiger partial charge in [-0.2, -0.15) is 0 Å². The zero-order chi connectivity index (χ0) is 15.2. The van der Waals surface area contributed by atoms with E-state index in [1.807, 2.05) is 38.1 Å². The van der Waals surface area contributed by atoms with Gasteiger partial charge in [0, 0.05) is 6.38 Å². The van der Waals surface area contributed by atoms with E-state index in [1.54, 1.807) is 24.3 Å². The monoisotopic (exact) mass is 310 g/mol. The minimum atomic E-state index is -3.40. The van der Waals surface area contributed by atoms with Crippen LogP contribution in [0.4, 0.5) is 0 Å². The van der Waals surface area contributed by atoms with Crippen LogP contribution in [0.2, 0.25) is 0 Å². The van der Waals surface area contributed by atoms with E-state index in [2.05, 4.69) is 11.6 Å². The molecule has 0 aliphatic heterocycles. The summed E-state index contributed by atoms with van der Waals surface area (Å²) >= 11 is 4.64. The fourth-order valence-corrected chi connectivity index (χ4v) is 3.47. The summed E-state index contributed by atoms with van der Waals surface area (Å²) in [5, 5.41) is 0. The number of hydrogen-bond acceptors (Lipinski definition) is 2. The number of alkyl halides is 1. The molecule has 0 atom stereocenters. The van der Waals surface area contributed by atoms with Crippen LogP contribution in [-0.4, -0.2) is 14.8 Å². The standard InChI is InChI=1S/C15H16O2S.CH3Cl/c1-3-13-6-4-5-7-15(13)18(16,17)14-10-8-12(2)9-11-14;1-2/h4-11H,3H2,1-2H3;1H3. The quantitative estimate of drug-likeness (QED) is 0.794. The predicted octanol–water partition coefficient (Wildman–Crippen LogP) is 4.25. The molecule has 0 N–H and O–H groups in total. The zero-order valence-corrected chi connectivity index (χ0v) is 13.5. The van der Waals surface area contributed by atoms with Gasteiger partial charge in [0.25, 0.3) is 0 Å². The molecule has 2 aromatic carbocycles. The highest BCUT2D eigenvalue weighted by Crippen LogP contribution is 2.24. The van der Waals surface area contributed by atoms with Gasteiger partial charge < -0.3 is 0 Å². The highest BCUT2D eigenvalue weighted by Gasteiger charge is 2.19. The first kappa shape index (κ1) is 16.7. The van der Waals surface area contributed by atoms with Crippen molar-refractivity contribution in [2.45, 2.75) is 30.1 Å². The minimum Gasteiger partial charge on any atom is -0.219 e. The normalized spacial score (nSPS) is 10.6. The molecular weight excluding hydrogens is 292 g/mol. The van der Waals surface area contributed by atoms with Gasteiger partial charge >= 0.3 is 0 Å². The summed E-state index contributed by atoms with van der Waals surface area (Å²) < 4.78 is 25.0. The van der Waals surface area contributed by atoms with Gasteiger partial charge in [0.2, 0.25) is 9.84 Å². The fraction of sp³-hybridized carbons (Fsp3) is 0.250. The molecule has 108 valence electrons. The van der Waals surface area contributed by atoms with Gasteiger partial charge in [-0.05, 0) is 37.1 Å². The second-order valence-corrected chi connectivity index (χ2v) is 6.20. The van der Waals surface area contributed by atoms with Crippen molar-refractivity contribution in [3.8, 4) is 0 Å². The molecule has 0 saturated heterocycles. The highest BCUT2D eigenvalue weighted by molar-refractivity contribution is 7.91. The lowest BCUT2D eigenvalue weighted by atomic mass is 10.2. The third kappa shape index (κ3) is 3.62. The topological polar surface area (TPSA) is 34.1 Å². The van der Waals surface area contributed by atoms with Crippen LogP contribution in [-0.2, 0) is 16.3 Å². The van der Waals surface area contributed by atoms with Gasteiger partial charge in [0.15, 0.2) is 0 Å². The molecule has 0 fully saturated rings. The first-order valence-corrected chi connectivity index (χ1v) is 8.57. The molecule has 0 aromatic heterocycles. The third-order valence-electron chi connectivity index (χ3n) is 2.97. The average molecular weight is 311 g/mol. The Morgan fingerprint density at radius 3 is 2.05 bits per heavy atom. The van der Waals surface area contributed by atoms with Crippen LogP contribution >= 0.6 is 11.6 Å². The summed E-state index contributed by atoms with van der Waals surface area (Å²) in [6, 6.07) is 14.1. The van der Waals surface area contributed by atoms with E-state index in [9.17, 15) is 8.42 Å². The molecule has 2 aromatic rings. The molecule has 0 aliphatic rings. The van der Waals surface area contributed by atoms with Crippen LogP contribution in [0.1, 0.15) is 18.1 Å². The van der Waals surface area contributed by atoms with Crippen molar-refractivity contribution in [2.75, 3.05) is 6.38 Å². The van der Waals surface area contributed by atoms with Crippen molar-refractivity contribution in [3.63, 3.8) is 0 Å². The summed E-state index contributed by atoms with van der Waals surface area (Å²) in [5.74, 6) is 0. The van der Waals surface area contributed by atoms with E-state index in [0.29, 0.717) is 16.2 Å². The van der Waals surface area contributed by atoms with Crippen LogP contribution in [0.5, 0.6) is 0 Å². The van der Waals surface area contributed by atoms with E-state index >= 15 is 0 Å². The molecule has 0 spiro atoms. The predicted molar refractivity (Wildman–Crippen MR) is 84.2 cm³/mol. The number of aryl methyl sites for hydroxylation is 2. The second kappa shape index (κ2) is 7.46. The summed E-state index contributed by atoms with van der Waals surface area (Å²) in [4.78, 5) is 0.769. The number of sulfone groups is 1. The molecule has 2 nitrogen and oxygen atoms in total. The molecule has 4 heteroatoms. The summed E-state index contributed by atoms with van der Waals surface area (Å²) in [6.45, 7) is 3.90. The van der Waals surface area contributed by atoms with Crippen LogP contribution in [0.3, 0.4) is 0 Å². The van der Waals surface area contributed by atoms with Crippen LogP contribution in [0.25, 0.3) is 0 Å². The molecule has 0 heterocycles. The number of halogens is 1. The first-order chi connectivity index (χ1) is 9.55. The van der Waals surface area contributed by atoms with Crippen molar-refractivity contribution in [2.24, 2.45) is 0 Å². The Balaban J connectivity index is 0.000000956. The highest BCUT2D eigenvalue weighted by atomic mass is 35.5. The van der Waals surface area contributed by atoms with Crippen molar-refractivity contribution >= 4 is 21.4 Å². The Morgan fingerprint density at radius 2 is 1.50 bits per heavy atom. The Hall–Kier alpha value is -1.32. The van der Waals surface area contributed by atoms with E-state index in [1.165, 1.54) is 6.38 Å². The van der Waals surface area contributed by atoms with E-state index in [4.69, 9.17) is 0 Å². The molecule has 0 unspecified atom stereocenters. The van der Waals surface area contributed by atoms with Gasteiger partial charge in [0.1, 0.15) is 0 Å². The number of hydrogen-bond donors (Lipinski definition) is 0. The van der Waals surface area contributed by atoms with Gasteiger partial charge in [-0.3, -0.25) is 0 Å². The summed E-state index contributed by atoms with van der Waals surface area (Å²) in [7, 11) is -3.40. The maximum absolute atomic E-state index is 12.5. The van der Waals surface area contributed by atoms with E-state index in [-0.39, 0.29) is 0 Å². The molecule has 0 bridgehead atoms. The molecule has 20 heavy (non-hydrogen) atoms. The van der Waals surface area contributed by atoms with Gasteiger partial charge in [-0.1, -0.05) is 42.8 Å². The Kier molecular flexibility index (Phi) is 6.24. The van der Waals surface area contributed by atoms with Gasteiger partial charge in [-0.15, -0.1) is 11.6 Å². The first-order valence-electron chi connectivity index (χ1n) is 6.33. The maximum Gasteiger partial charge on any atom is 0.206 e. The zero-order valence-electron chi connectivity index (χ0n) is 11.9. The average Bonchev–Trinajstić information content (AvgIpc) is 2.49. The maximum atomic E-state index is 12.5. The largest absolute Gasteiger partial charge is 0.219 e. The number of rotatable bonds is 3. The summed E-state index contributed by atoms with van der Waals surface area (Å²) in [5.41, 5.74) is 1.91. The summed E-state index contributed by atoms with van der Waals surface area (Å²) in [6.07, 6.45) is 2.18. The Morgan fingerprint density at radius 1 is 0.950 bits per heavy atom. The lowest BCUT2D eigenvalue weighted by molar-refractivity contribution is 0.595. The van der Waals surface area contributed by atoms with E-state index in [0.717, 1.165) is 11.1 Å². The molecular formula is C16H19ClO2S. The molecule has 0 radical (unpaired) electrons. The fourth-order valence-electron chi connectivity index (χ4n) is 1.90. The Bertz CT molecular complexity index is 646. The van der Waals surface area contributed by atoms with Crippen LogP contribution in [0.15, 0.2) is 58.3 Å². The smallest absolute Gasteiger partial charge is 0.206 e. The molecule has 0 aliphatic carbocycles. The molecule has 0 saturated carbocycles. The van der Waals surface area contributed by atoms with E-state index < -0.39 is 9.84 Å². The Labute approximate surface area is 126 Å². The third-order valence-corrected chi connectivity index (χ3v) is 4.84. The second-order valence-electron chi connectivity index (χ2n) is 4.28. The minimum absolute atomic E-state index is 0.356. The lowest BCUT2D eigenvalue weighted by Crippen LogP contribution is -2.05. The number of benzene rings is 2. The molecule has 0 amide bonds. The molecule has 2 rings (SSSR count). The van der Waals surface area contributed by atoms with Crippen LogP contribution in [0, 0.1) is 6.92 Å². The van der Waals surface area contributed by atoms with Crippen molar-refractivity contribution in [3.05, 3.63) is 59.7 Å².